The van der Waals surface area contributed by atoms with E-state index in [-0.39, 0.29) is 0 Å². The number of methoxy groups -OCH3 is 2. The Hall–Kier alpha value is -4.40. The second-order valence-corrected chi connectivity index (χ2v) is 7.05. The number of ether oxygens (including phenoxy) is 2. The van der Waals surface area contributed by atoms with Crippen molar-refractivity contribution in [3.8, 4) is 46.3 Å². The fourth-order valence-corrected chi connectivity index (χ4v) is 3.30. The van der Waals surface area contributed by atoms with Gasteiger partial charge in [-0.15, -0.1) is 0 Å². The van der Waals surface area contributed by atoms with E-state index in [9.17, 15) is 0 Å². The molecular weight excluding hydrogens is 392 g/mol. The first-order valence-corrected chi connectivity index (χ1v) is 10.3. The zero-order valence-corrected chi connectivity index (χ0v) is 18.1. The highest BCUT2D eigenvalue weighted by atomic mass is 16.5. The second kappa shape index (κ2) is 10.1. The fraction of sp³-hybridized carbons (Fsp3) is 0.0667. The predicted octanol–water partition coefficient (Wildman–Crippen LogP) is 6.17. The minimum Gasteiger partial charge on any atom is -0.497 e. The van der Waals surface area contributed by atoms with Crippen LogP contribution in [0, 0.1) is 23.7 Å². The van der Waals surface area contributed by atoms with Crippen LogP contribution in [-0.2, 0) is 0 Å². The lowest BCUT2D eigenvalue weighted by Gasteiger charge is -2.08. The molecule has 0 aliphatic rings. The minimum absolute atomic E-state index is 0.816. The highest BCUT2D eigenvalue weighted by Gasteiger charge is 2.08. The first-order chi connectivity index (χ1) is 15.8. The number of hydrogen-bond donors (Lipinski definition) is 0. The summed E-state index contributed by atoms with van der Waals surface area (Å²) in [6.45, 7) is 0. The highest BCUT2D eigenvalue weighted by molar-refractivity contribution is 5.78. The van der Waals surface area contributed by atoms with Gasteiger partial charge in [-0.05, 0) is 66.2 Å². The van der Waals surface area contributed by atoms with Crippen molar-refractivity contribution in [2.24, 2.45) is 0 Å². The van der Waals surface area contributed by atoms with Crippen molar-refractivity contribution in [3.63, 3.8) is 0 Å². The molecule has 0 aliphatic carbocycles. The van der Waals surface area contributed by atoms with Crippen LogP contribution in [0.15, 0.2) is 97.1 Å². The molecule has 32 heavy (non-hydrogen) atoms. The summed E-state index contributed by atoms with van der Waals surface area (Å²) in [5.74, 6) is 14.9. The van der Waals surface area contributed by atoms with Gasteiger partial charge in [-0.2, -0.15) is 0 Å². The predicted molar refractivity (Wildman–Crippen MR) is 130 cm³/mol. The van der Waals surface area contributed by atoms with Crippen LogP contribution in [0.2, 0.25) is 0 Å². The maximum atomic E-state index is 5.23. The van der Waals surface area contributed by atoms with Crippen molar-refractivity contribution in [3.05, 3.63) is 119 Å². The molecule has 4 aromatic rings. The van der Waals surface area contributed by atoms with E-state index in [0.29, 0.717) is 0 Å². The van der Waals surface area contributed by atoms with Gasteiger partial charge >= 0.3 is 0 Å². The highest BCUT2D eigenvalue weighted by Crippen LogP contribution is 2.27. The van der Waals surface area contributed by atoms with E-state index in [4.69, 9.17) is 9.47 Å². The Kier molecular flexibility index (Phi) is 6.57. The maximum absolute atomic E-state index is 5.23. The van der Waals surface area contributed by atoms with Crippen LogP contribution in [0.5, 0.6) is 11.5 Å². The van der Waals surface area contributed by atoms with Crippen molar-refractivity contribution in [2.45, 2.75) is 0 Å². The monoisotopic (exact) mass is 414 g/mol. The van der Waals surface area contributed by atoms with Gasteiger partial charge in [0.2, 0.25) is 0 Å². The van der Waals surface area contributed by atoms with Crippen molar-refractivity contribution in [1.29, 1.82) is 0 Å². The molecule has 0 saturated carbocycles. The van der Waals surface area contributed by atoms with Crippen molar-refractivity contribution in [2.75, 3.05) is 14.2 Å². The molecule has 0 amide bonds. The zero-order valence-electron chi connectivity index (χ0n) is 18.1. The molecule has 2 nitrogen and oxygen atoms in total. The first kappa shape index (κ1) is 20.9. The van der Waals surface area contributed by atoms with Crippen LogP contribution in [0.4, 0.5) is 0 Å². The third-order valence-electron chi connectivity index (χ3n) is 4.99. The summed E-state index contributed by atoms with van der Waals surface area (Å²) in [7, 11) is 3.32. The molecule has 0 spiro atoms. The molecule has 2 heteroatoms. The van der Waals surface area contributed by atoms with E-state index in [2.05, 4.69) is 35.8 Å². The van der Waals surface area contributed by atoms with Crippen molar-refractivity contribution >= 4 is 0 Å². The lowest BCUT2D eigenvalue weighted by atomic mass is 9.94. The van der Waals surface area contributed by atoms with Gasteiger partial charge in [0.1, 0.15) is 11.5 Å². The van der Waals surface area contributed by atoms with Gasteiger partial charge in [0.05, 0.1) is 14.2 Å². The van der Waals surface area contributed by atoms with Crippen LogP contribution >= 0.6 is 0 Å². The summed E-state index contributed by atoms with van der Waals surface area (Å²) >= 11 is 0. The number of hydrogen-bond acceptors (Lipinski definition) is 2. The maximum Gasteiger partial charge on any atom is 0.118 e. The Labute approximate surface area is 189 Å². The summed E-state index contributed by atoms with van der Waals surface area (Å²) in [6, 6.07) is 31.8. The third-order valence-corrected chi connectivity index (χ3v) is 4.99. The molecule has 0 saturated heterocycles. The average molecular weight is 415 g/mol. The summed E-state index contributed by atoms with van der Waals surface area (Å²) in [4.78, 5) is 0. The number of rotatable bonds is 3. The van der Waals surface area contributed by atoms with Gasteiger partial charge in [0.25, 0.3) is 0 Å². The molecule has 0 aromatic heterocycles. The second-order valence-electron chi connectivity index (χ2n) is 7.05. The van der Waals surface area contributed by atoms with Crippen molar-refractivity contribution < 1.29 is 9.47 Å². The Balaban J connectivity index is 1.76. The van der Waals surface area contributed by atoms with Crippen LogP contribution in [0.25, 0.3) is 11.1 Å². The van der Waals surface area contributed by atoms with Crippen LogP contribution in [0.1, 0.15) is 22.3 Å². The van der Waals surface area contributed by atoms with Crippen LogP contribution < -0.4 is 9.47 Å². The van der Waals surface area contributed by atoms with Crippen LogP contribution in [-0.4, -0.2) is 14.2 Å². The molecule has 0 heterocycles. The number of benzene rings is 4. The SMILES string of the molecule is COc1ccc(C#Cc2cccc(C#Cc3ccc(OC)cc3)c2-c2ccccc2)cc1. The topological polar surface area (TPSA) is 18.5 Å². The summed E-state index contributed by atoms with van der Waals surface area (Å²) in [5, 5.41) is 0. The molecule has 0 bridgehead atoms. The standard InChI is InChI=1S/C30H22O2/c1-31-28-19-13-23(14-20-28)11-17-26-9-6-10-27(30(26)25-7-4-3-5-8-25)18-12-24-15-21-29(32-2)22-16-24/h3-10,13-16,19-22H,1-2H3. The van der Waals surface area contributed by atoms with Gasteiger partial charge < -0.3 is 9.47 Å². The molecule has 0 atom stereocenters. The van der Waals surface area contributed by atoms with E-state index in [1.807, 2.05) is 84.9 Å². The van der Waals surface area contributed by atoms with Gasteiger partial charge in [-0.25, -0.2) is 0 Å². The zero-order chi connectivity index (χ0) is 22.2. The third kappa shape index (κ3) is 5.01. The Bertz CT molecular complexity index is 1230. The Morgan fingerprint density at radius 3 is 1.38 bits per heavy atom. The smallest absolute Gasteiger partial charge is 0.118 e. The molecule has 0 aliphatic heterocycles. The quantitative estimate of drug-likeness (QED) is 0.373. The van der Waals surface area contributed by atoms with E-state index < -0.39 is 0 Å². The van der Waals surface area contributed by atoms with Crippen molar-refractivity contribution in [1.82, 2.24) is 0 Å². The summed E-state index contributed by atoms with van der Waals surface area (Å²) < 4.78 is 10.5. The van der Waals surface area contributed by atoms with E-state index in [1.54, 1.807) is 14.2 Å². The first-order valence-electron chi connectivity index (χ1n) is 10.3. The van der Waals surface area contributed by atoms with Gasteiger partial charge in [-0.3, -0.25) is 0 Å². The molecule has 0 N–H and O–H groups in total. The molecule has 0 radical (unpaired) electrons. The van der Waals surface area contributed by atoms with Gasteiger partial charge in [0, 0.05) is 27.8 Å². The molecular formula is C30H22O2. The molecule has 4 rings (SSSR count). The molecule has 4 aromatic carbocycles. The van der Waals surface area contributed by atoms with E-state index in [1.165, 1.54) is 0 Å². The lowest BCUT2D eigenvalue weighted by Crippen LogP contribution is -1.90. The van der Waals surface area contributed by atoms with E-state index >= 15 is 0 Å². The summed E-state index contributed by atoms with van der Waals surface area (Å²) in [5.41, 5.74) is 5.86. The lowest BCUT2D eigenvalue weighted by molar-refractivity contribution is 0.414. The molecule has 0 unspecified atom stereocenters. The normalized spacial score (nSPS) is 9.69. The fourth-order valence-electron chi connectivity index (χ4n) is 3.30. The molecule has 154 valence electrons. The van der Waals surface area contributed by atoms with Gasteiger partial charge in [0.15, 0.2) is 0 Å². The minimum atomic E-state index is 0.816. The average Bonchev–Trinajstić information content (AvgIpc) is 2.87. The Morgan fingerprint density at radius 2 is 0.938 bits per heavy atom. The molecule has 0 fully saturated rings. The van der Waals surface area contributed by atoms with E-state index in [0.717, 1.165) is 44.9 Å². The van der Waals surface area contributed by atoms with Crippen LogP contribution in [0.3, 0.4) is 0 Å². The largest absolute Gasteiger partial charge is 0.497 e. The van der Waals surface area contributed by atoms with Gasteiger partial charge in [-0.1, -0.05) is 60.1 Å². The summed E-state index contributed by atoms with van der Waals surface area (Å²) in [6.07, 6.45) is 0. The Morgan fingerprint density at radius 1 is 0.469 bits per heavy atom.